The fourth-order valence-corrected chi connectivity index (χ4v) is 1.96. The van der Waals surface area contributed by atoms with Gasteiger partial charge in [0.2, 0.25) is 0 Å². The minimum Gasteiger partial charge on any atom is -0.192 e. The standard InChI is InChI=1S/C12H18.C6N4/c1-7-8(2)10(4)12(6)11(5)9(7)3;7-1-5(2-8)6(3-9)4-10/h1-6H3;. The van der Waals surface area contributed by atoms with Crippen LogP contribution >= 0.6 is 0 Å². The zero-order valence-electron chi connectivity index (χ0n) is 13.8. The molecule has 0 aliphatic rings. The molecule has 0 heterocycles. The van der Waals surface area contributed by atoms with Gasteiger partial charge in [0.25, 0.3) is 0 Å². The van der Waals surface area contributed by atoms with Crippen LogP contribution in [0.1, 0.15) is 33.4 Å². The second-order valence-corrected chi connectivity index (χ2v) is 4.95. The lowest BCUT2D eigenvalue weighted by atomic mass is 9.90. The zero-order chi connectivity index (χ0) is 17.4. The Labute approximate surface area is 132 Å². The molecule has 0 amide bonds. The van der Waals surface area contributed by atoms with Gasteiger partial charge in [-0.1, -0.05) is 0 Å². The van der Waals surface area contributed by atoms with Gasteiger partial charge >= 0.3 is 0 Å². The molecule has 0 bridgehead atoms. The van der Waals surface area contributed by atoms with Crippen LogP contribution in [0.3, 0.4) is 0 Å². The normalized spacial score (nSPS) is 8.27. The Morgan fingerprint density at radius 3 is 0.682 bits per heavy atom. The molecule has 0 aromatic heterocycles. The molecule has 4 nitrogen and oxygen atoms in total. The van der Waals surface area contributed by atoms with Crippen molar-refractivity contribution < 1.29 is 0 Å². The number of hydrogen-bond donors (Lipinski definition) is 0. The fourth-order valence-electron chi connectivity index (χ4n) is 1.96. The Balaban J connectivity index is 0.000000409. The quantitative estimate of drug-likeness (QED) is 0.676. The van der Waals surface area contributed by atoms with Crippen LogP contribution in [0.2, 0.25) is 0 Å². The molecule has 0 aliphatic heterocycles. The molecule has 22 heavy (non-hydrogen) atoms. The van der Waals surface area contributed by atoms with Crippen LogP contribution < -0.4 is 0 Å². The second kappa shape index (κ2) is 8.26. The summed E-state index contributed by atoms with van der Waals surface area (Å²) in [4.78, 5) is 0. The van der Waals surface area contributed by atoms with E-state index in [2.05, 4.69) is 41.5 Å². The van der Waals surface area contributed by atoms with Crippen LogP contribution in [0.5, 0.6) is 0 Å². The smallest absolute Gasteiger partial charge is 0.158 e. The summed E-state index contributed by atoms with van der Waals surface area (Å²) < 4.78 is 0. The van der Waals surface area contributed by atoms with Crippen molar-refractivity contribution in [3.63, 3.8) is 0 Å². The molecule has 0 fully saturated rings. The van der Waals surface area contributed by atoms with Crippen molar-refractivity contribution in [3.05, 3.63) is 44.5 Å². The maximum atomic E-state index is 8.13. The summed E-state index contributed by atoms with van der Waals surface area (Å²) in [6, 6.07) is 5.71. The highest BCUT2D eigenvalue weighted by atomic mass is 14.3. The molecule has 4 heteroatoms. The Bertz CT molecular complexity index is 614. The Morgan fingerprint density at radius 2 is 0.591 bits per heavy atom. The average Bonchev–Trinajstić information content (AvgIpc) is 2.54. The summed E-state index contributed by atoms with van der Waals surface area (Å²) in [6.45, 7) is 13.3. The third-order valence-electron chi connectivity index (χ3n) is 4.07. The SMILES string of the molecule is Cc1c(C)c(C)c(C)c(C)c1C.N#CC(C#N)=C(C#N)C#N. The number of nitrogens with zero attached hydrogens (tertiary/aromatic N) is 4. The molecule has 0 radical (unpaired) electrons. The van der Waals surface area contributed by atoms with E-state index in [0.29, 0.717) is 0 Å². The molecule has 0 N–H and O–H groups in total. The summed E-state index contributed by atoms with van der Waals surface area (Å²) >= 11 is 0. The van der Waals surface area contributed by atoms with Crippen LogP contribution in [0.25, 0.3) is 0 Å². The van der Waals surface area contributed by atoms with Gasteiger partial charge in [0, 0.05) is 0 Å². The zero-order valence-corrected chi connectivity index (χ0v) is 13.8. The molecular weight excluding hydrogens is 272 g/mol. The third kappa shape index (κ3) is 3.96. The predicted octanol–water partition coefficient (Wildman–Crippen LogP) is 3.91. The van der Waals surface area contributed by atoms with Crippen molar-refractivity contribution in [2.24, 2.45) is 0 Å². The second-order valence-electron chi connectivity index (χ2n) is 4.95. The van der Waals surface area contributed by atoms with Gasteiger partial charge in [-0.2, -0.15) is 21.0 Å². The van der Waals surface area contributed by atoms with Gasteiger partial charge in [-0.3, -0.25) is 0 Å². The lowest BCUT2D eigenvalue weighted by Crippen LogP contribution is -1.98. The topological polar surface area (TPSA) is 95.2 Å². The molecule has 1 aromatic rings. The number of nitriles is 4. The van der Waals surface area contributed by atoms with E-state index in [1.165, 1.54) is 57.7 Å². The Morgan fingerprint density at radius 1 is 0.455 bits per heavy atom. The first-order valence-corrected chi connectivity index (χ1v) is 6.64. The van der Waals surface area contributed by atoms with Crippen molar-refractivity contribution in [1.29, 1.82) is 21.0 Å². The molecule has 0 unspecified atom stereocenters. The maximum Gasteiger partial charge on any atom is 0.158 e. The van der Waals surface area contributed by atoms with Crippen LogP contribution in [0, 0.1) is 86.9 Å². The van der Waals surface area contributed by atoms with Gasteiger partial charge in [-0.15, -0.1) is 0 Å². The fraction of sp³-hybridized carbons (Fsp3) is 0.333. The first kappa shape index (κ1) is 18.9. The first-order chi connectivity index (χ1) is 10.3. The Kier molecular flexibility index (Phi) is 7.10. The van der Waals surface area contributed by atoms with Crippen LogP contribution in [-0.4, -0.2) is 0 Å². The van der Waals surface area contributed by atoms with Crippen molar-refractivity contribution >= 4 is 0 Å². The molecular formula is C18H18N4. The van der Waals surface area contributed by atoms with Crippen molar-refractivity contribution in [2.75, 3.05) is 0 Å². The van der Waals surface area contributed by atoms with Gasteiger partial charge in [0.05, 0.1) is 0 Å². The molecule has 110 valence electrons. The molecule has 0 aliphatic carbocycles. The van der Waals surface area contributed by atoms with E-state index < -0.39 is 11.1 Å². The largest absolute Gasteiger partial charge is 0.192 e. The predicted molar refractivity (Wildman–Crippen MR) is 84.3 cm³/mol. The van der Waals surface area contributed by atoms with Crippen LogP contribution in [0.4, 0.5) is 0 Å². The van der Waals surface area contributed by atoms with E-state index in [0.717, 1.165) is 0 Å². The van der Waals surface area contributed by atoms with Crippen LogP contribution in [-0.2, 0) is 0 Å². The summed E-state index contributed by atoms with van der Waals surface area (Å²) in [5.74, 6) is 0. The number of rotatable bonds is 0. The van der Waals surface area contributed by atoms with Gasteiger partial charge in [-0.25, -0.2) is 0 Å². The number of benzene rings is 1. The molecule has 0 saturated heterocycles. The highest BCUT2D eigenvalue weighted by Gasteiger charge is 2.07. The summed E-state index contributed by atoms with van der Waals surface area (Å²) in [5, 5.41) is 32.5. The van der Waals surface area contributed by atoms with Gasteiger partial charge in [0.15, 0.2) is 11.1 Å². The highest BCUT2D eigenvalue weighted by molar-refractivity contribution is 5.52. The summed E-state index contributed by atoms with van der Waals surface area (Å²) in [6.07, 6.45) is 0. The molecule has 0 spiro atoms. The monoisotopic (exact) mass is 290 g/mol. The number of allylic oxidation sites excluding steroid dienone is 2. The van der Waals surface area contributed by atoms with E-state index in [-0.39, 0.29) is 0 Å². The average molecular weight is 290 g/mol. The van der Waals surface area contributed by atoms with E-state index in [9.17, 15) is 0 Å². The lowest BCUT2D eigenvalue weighted by molar-refractivity contribution is 1.13. The van der Waals surface area contributed by atoms with E-state index in [1.807, 2.05) is 0 Å². The molecule has 0 saturated carbocycles. The Hall–Kier alpha value is -3.08. The first-order valence-electron chi connectivity index (χ1n) is 6.64. The van der Waals surface area contributed by atoms with Crippen LogP contribution in [0.15, 0.2) is 11.1 Å². The van der Waals surface area contributed by atoms with Crippen molar-refractivity contribution in [1.82, 2.24) is 0 Å². The molecule has 0 atom stereocenters. The van der Waals surface area contributed by atoms with Gasteiger partial charge in [0.1, 0.15) is 24.3 Å². The number of hydrogen-bond acceptors (Lipinski definition) is 4. The summed E-state index contributed by atoms with van der Waals surface area (Å²) in [5.41, 5.74) is 7.85. The van der Waals surface area contributed by atoms with E-state index in [1.54, 1.807) is 0 Å². The highest BCUT2D eigenvalue weighted by Crippen LogP contribution is 2.24. The van der Waals surface area contributed by atoms with E-state index >= 15 is 0 Å². The van der Waals surface area contributed by atoms with Gasteiger partial charge in [-0.05, 0) is 74.9 Å². The molecule has 1 aromatic carbocycles. The van der Waals surface area contributed by atoms with Crippen molar-refractivity contribution in [3.8, 4) is 24.3 Å². The van der Waals surface area contributed by atoms with E-state index in [4.69, 9.17) is 21.0 Å². The van der Waals surface area contributed by atoms with Crippen molar-refractivity contribution in [2.45, 2.75) is 41.5 Å². The van der Waals surface area contributed by atoms with Gasteiger partial charge < -0.3 is 0 Å². The molecule has 1 rings (SSSR count). The lowest BCUT2D eigenvalue weighted by Gasteiger charge is -2.15. The summed E-state index contributed by atoms with van der Waals surface area (Å²) in [7, 11) is 0. The third-order valence-corrected chi connectivity index (χ3v) is 4.07. The minimum atomic E-state index is -0.440. The minimum absolute atomic E-state index is 0.440. The maximum absolute atomic E-state index is 8.13.